The lowest BCUT2D eigenvalue weighted by Crippen LogP contribution is -2.47. The van der Waals surface area contributed by atoms with Crippen molar-refractivity contribution in [2.75, 3.05) is 18.5 Å². The van der Waals surface area contributed by atoms with Crippen LogP contribution < -0.4 is 14.8 Å². The number of fused-ring (bicyclic) bond motifs is 2. The summed E-state index contributed by atoms with van der Waals surface area (Å²) in [5.41, 5.74) is 0.937. The predicted octanol–water partition coefficient (Wildman–Crippen LogP) is 3.18. The van der Waals surface area contributed by atoms with Crippen LogP contribution >= 0.6 is 22.7 Å². The van der Waals surface area contributed by atoms with Crippen molar-refractivity contribution in [2.24, 2.45) is 0 Å². The molecule has 0 radical (unpaired) electrons. The SMILES string of the molecule is O=C(Nc1nc2c(s1)CN(C(=O)C1COc3ccccc3O1)CC2)c1cccs1. The van der Waals surface area contributed by atoms with Crippen LogP contribution in [0.2, 0.25) is 0 Å². The van der Waals surface area contributed by atoms with Crippen LogP contribution in [-0.2, 0) is 17.8 Å². The molecule has 2 aliphatic heterocycles. The number of benzene rings is 1. The zero-order valence-corrected chi connectivity index (χ0v) is 16.9. The lowest BCUT2D eigenvalue weighted by atomic mass is 10.1. The number of thiophene rings is 1. The molecule has 0 saturated carbocycles. The normalized spacial score (nSPS) is 17.5. The third kappa shape index (κ3) is 3.58. The summed E-state index contributed by atoms with van der Waals surface area (Å²) >= 11 is 2.80. The van der Waals surface area contributed by atoms with Crippen molar-refractivity contribution in [1.29, 1.82) is 0 Å². The summed E-state index contributed by atoms with van der Waals surface area (Å²) in [6, 6.07) is 11.0. The maximum Gasteiger partial charge on any atom is 0.267 e. The van der Waals surface area contributed by atoms with E-state index in [1.54, 1.807) is 17.0 Å². The van der Waals surface area contributed by atoms with Gasteiger partial charge in [0.25, 0.3) is 11.8 Å². The first kappa shape index (κ1) is 18.1. The number of rotatable bonds is 3. The van der Waals surface area contributed by atoms with Gasteiger partial charge in [-0.15, -0.1) is 11.3 Å². The fourth-order valence-corrected chi connectivity index (χ4v) is 4.99. The number of carbonyl (C=O) groups is 2. The summed E-state index contributed by atoms with van der Waals surface area (Å²) in [5, 5.41) is 5.28. The highest BCUT2D eigenvalue weighted by molar-refractivity contribution is 7.16. The lowest BCUT2D eigenvalue weighted by Gasteiger charge is -2.32. The minimum atomic E-state index is -0.655. The Morgan fingerprint density at radius 2 is 2.03 bits per heavy atom. The van der Waals surface area contributed by atoms with Gasteiger partial charge in [-0.2, -0.15) is 0 Å². The quantitative estimate of drug-likeness (QED) is 0.694. The topological polar surface area (TPSA) is 80.8 Å². The number of anilines is 1. The maximum atomic E-state index is 12.9. The summed E-state index contributed by atoms with van der Waals surface area (Å²) < 4.78 is 11.5. The van der Waals surface area contributed by atoms with Crippen LogP contribution in [0.25, 0.3) is 0 Å². The van der Waals surface area contributed by atoms with Gasteiger partial charge in [0.05, 0.1) is 17.1 Å². The van der Waals surface area contributed by atoms with Crippen LogP contribution in [0.1, 0.15) is 20.2 Å². The second kappa shape index (κ2) is 7.49. The van der Waals surface area contributed by atoms with Crippen LogP contribution in [0, 0.1) is 0 Å². The number of nitrogens with zero attached hydrogens (tertiary/aromatic N) is 2. The molecule has 1 unspecified atom stereocenters. The van der Waals surface area contributed by atoms with Crippen molar-refractivity contribution in [3.05, 3.63) is 57.2 Å². The first-order valence-corrected chi connectivity index (χ1v) is 10.9. The molecule has 2 aliphatic rings. The molecular formula is C20H17N3O4S2. The van der Waals surface area contributed by atoms with Crippen LogP contribution in [0.3, 0.4) is 0 Å². The Labute approximate surface area is 174 Å². The molecule has 1 atom stereocenters. The van der Waals surface area contributed by atoms with E-state index in [4.69, 9.17) is 9.47 Å². The molecule has 148 valence electrons. The van der Waals surface area contributed by atoms with E-state index in [0.29, 0.717) is 41.0 Å². The molecule has 29 heavy (non-hydrogen) atoms. The van der Waals surface area contributed by atoms with Gasteiger partial charge in [-0.3, -0.25) is 14.9 Å². The number of nitrogens with one attached hydrogen (secondary N) is 1. The Kier molecular flexibility index (Phi) is 4.69. The molecule has 0 spiro atoms. The predicted molar refractivity (Wildman–Crippen MR) is 110 cm³/mol. The summed E-state index contributed by atoms with van der Waals surface area (Å²) in [5.74, 6) is 0.991. The maximum absolute atomic E-state index is 12.9. The van der Waals surface area contributed by atoms with E-state index in [2.05, 4.69) is 10.3 Å². The van der Waals surface area contributed by atoms with Gasteiger partial charge in [0.1, 0.15) is 6.61 Å². The van der Waals surface area contributed by atoms with Gasteiger partial charge >= 0.3 is 0 Å². The number of carbonyl (C=O) groups excluding carboxylic acids is 2. The number of hydrogen-bond donors (Lipinski definition) is 1. The first-order chi connectivity index (χ1) is 14.2. The van der Waals surface area contributed by atoms with E-state index in [9.17, 15) is 9.59 Å². The Morgan fingerprint density at radius 3 is 2.86 bits per heavy atom. The fourth-order valence-electron chi connectivity index (χ4n) is 3.35. The molecule has 9 heteroatoms. The average Bonchev–Trinajstić information content (AvgIpc) is 3.42. The van der Waals surface area contributed by atoms with Crippen molar-refractivity contribution in [1.82, 2.24) is 9.88 Å². The molecule has 1 N–H and O–H groups in total. The zero-order valence-electron chi connectivity index (χ0n) is 15.3. The molecule has 0 aliphatic carbocycles. The van der Waals surface area contributed by atoms with Gasteiger partial charge in [-0.1, -0.05) is 29.5 Å². The molecule has 2 amide bonds. The second-order valence-electron chi connectivity index (χ2n) is 6.69. The molecule has 0 fully saturated rings. The lowest BCUT2D eigenvalue weighted by molar-refractivity contribution is -0.142. The van der Waals surface area contributed by atoms with E-state index in [1.165, 1.54) is 22.7 Å². The zero-order chi connectivity index (χ0) is 19.8. The number of aromatic nitrogens is 1. The van der Waals surface area contributed by atoms with E-state index < -0.39 is 6.10 Å². The van der Waals surface area contributed by atoms with Crippen molar-refractivity contribution in [3.63, 3.8) is 0 Å². The molecule has 5 rings (SSSR count). The van der Waals surface area contributed by atoms with Crippen molar-refractivity contribution < 1.29 is 19.1 Å². The van der Waals surface area contributed by atoms with Gasteiger partial charge in [-0.05, 0) is 23.6 Å². The molecule has 4 heterocycles. The largest absolute Gasteiger partial charge is 0.485 e. The molecule has 2 aromatic heterocycles. The minimum absolute atomic E-state index is 0.0947. The summed E-state index contributed by atoms with van der Waals surface area (Å²) in [6.45, 7) is 1.22. The Hall–Kier alpha value is -2.91. The number of hydrogen-bond acceptors (Lipinski definition) is 7. The third-order valence-corrected chi connectivity index (χ3v) is 6.66. The Balaban J connectivity index is 1.26. The molecular weight excluding hydrogens is 410 g/mol. The average molecular weight is 428 g/mol. The van der Waals surface area contributed by atoms with Crippen LogP contribution in [0.15, 0.2) is 41.8 Å². The Bertz CT molecular complexity index is 1060. The van der Waals surface area contributed by atoms with Crippen molar-refractivity contribution in [3.8, 4) is 11.5 Å². The number of para-hydroxylation sites is 2. The third-order valence-electron chi connectivity index (χ3n) is 4.79. The first-order valence-electron chi connectivity index (χ1n) is 9.18. The highest BCUT2D eigenvalue weighted by Gasteiger charge is 2.33. The Morgan fingerprint density at radius 1 is 1.17 bits per heavy atom. The highest BCUT2D eigenvalue weighted by Crippen LogP contribution is 2.33. The highest BCUT2D eigenvalue weighted by atomic mass is 32.1. The van der Waals surface area contributed by atoms with Gasteiger partial charge < -0.3 is 14.4 Å². The number of ether oxygens (including phenoxy) is 2. The van der Waals surface area contributed by atoms with Crippen LogP contribution in [-0.4, -0.2) is 41.0 Å². The molecule has 3 aromatic rings. The molecule has 0 bridgehead atoms. The second-order valence-corrected chi connectivity index (χ2v) is 8.73. The van der Waals surface area contributed by atoms with E-state index in [0.717, 1.165) is 10.6 Å². The van der Waals surface area contributed by atoms with Crippen molar-refractivity contribution in [2.45, 2.75) is 19.1 Å². The number of thiazole rings is 1. The summed E-state index contributed by atoms with van der Waals surface area (Å²) in [6.07, 6.45) is -0.00580. The fraction of sp³-hybridized carbons (Fsp3) is 0.250. The molecule has 0 saturated heterocycles. The van der Waals surface area contributed by atoms with Gasteiger partial charge in [0, 0.05) is 17.8 Å². The van der Waals surface area contributed by atoms with Gasteiger partial charge in [-0.25, -0.2) is 4.98 Å². The van der Waals surface area contributed by atoms with E-state index in [-0.39, 0.29) is 18.4 Å². The number of amides is 2. The standard InChI is InChI=1S/C20H17N3O4S2/c24-18(16-6-3-9-28-16)22-20-21-12-7-8-23(10-17(12)29-20)19(25)15-11-26-13-4-1-2-5-14(13)27-15/h1-6,9,15H,7-8,10-11H2,(H,21,22,24). The van der Waals surface area contributed by atoms with Gasteiger partial charge in [0.2, 0.25) is 6.10 Å². The van der Waals surface area contributed by atoms with Crippen LogP contribution in [0.4, 0.5) is 5.13 Å². The van der Waals surface area contributed by atoms with E-state index >= 15 is 0 Å². The minimum Gasteiger partial charge on any atom is -0.485 e. The summed E-state index contributed by atoms with van der Waals surface area (Å²) in [4.78, 5) is 33.1. The molecule has 7 nitrogen and oxygen atoms in total. The monoisotopic (exact) mass is 427 g/mol. The van der Waals surface area contributed by atoms with Crippen LogP contribution in [0.5, 0.6) is 11.5 Å². The summed E-state index contributed by atoms with van der Waals surface area (Å²) in [7, 11) is 0. The van der Waals surface area contributed by atoms with Crippen molar-refractivity contribution >= 4 is 39.6 Å². The smallest absolute Gasteiger partial charge is 0.267 e. The van der Waals surface area contributed by atoms with Gasteiger partial charge in [0.15, 0.2) is 16.6 Å². The molecule has 1 aromatic carbocycles. The van der Waals surface area contributed by atoms with E-state index in [1.807, 2.05) is 29.6 Å².